The Morgan fingerprint density at radius 3 is 2.59 bits per heavy atom. The molecule has 1 aliphatic carbocycles. The van der Waals surface area contributed by atoms with Crippen LogP contribution in [-0.4, -0.2) is 46.0 Å². The molecule has 3 aromatic rings. The second kappa shape index (κ2) is 10.8. The summed E-state index contributed by atoms with van der Waals surface area (Å²) in [4.78, 5) is 33.1. The number of rotatable bonds is 9. The summed E-state index contributed by atoms with van der Waals surface area (Å²) in [7, 11) is 0. The lowest BCUT2D eigenvalue weighted by Gasteiger charge is -2.29. The van der Waals surface area contributed by atoms with E-state index in [9.17, 15) is 14.0 Å². The largest absolute Gasteiger partial charge is 0.358 e. The SMILES string of the molecule is Cc1c(F)cc(C(=O)NC2CC2)cc1-n1ccnc(N[C@@H](c2ccccc2)[C@@H](C)CN2CCCC2)c1=O. The molecule has 37 heavy (non-hydrogen) atoms. The van der Waals surface area contributed by atoms with Gasteiger partial charge in [-0.1, -0.05) is 37.3 Å². The molecule has 7 nitrogen and oxygen atoms in total. The first kappa shape index (κ1) is 25.1. The van der Waals surface area contributed by atoms with Gasteiger partial charge in [-0.25, -0.2) is 9.37 Å². The van der Waals surface area contributed by atoms with E-state index in [0.717, 1.165) is 38.0 Å². The molecule has 0 bridgehead atoms. The van der Waals surface area contributed by atoms with Gasteiger partial charge in [-0.15, -0.1) is 0 Å². The van der Waals surface area contributed by atoms with Crippen LogP contribution in [0.2, 0.25) is 0 Å². The predicted molar refractivity (Wildman–Crippen MR) is 143 cm³/mol. The van der Waals surface area contributed by atoms with Crippen molar-refractivity contribution in [3.63, 3.8) is 0 Å². The molecule has 8 heteroatoms. The van der Waals surface area contributed by atoms with E-state index in [0.29, 0.717) is 11.3 Å². The van der Waals surface area contributed by atoms with Crippen LogP contribution in [0.25, 0.3) is 5.69 Å². The molecule has 1 aromatic heterocycles. The molecule has 2 atom stereocenters. The van der Waals surface area contributed by atoms with Gasteiger partial charge in [0.2, 0.25) is 0 Å². The van der Waals surface area contributed by atoms with Crippen LogP contribution < -0.4 is 16.2 Å². The minimum Gasteiger partial charge on any atom is -0.358 e. The molecule has 194 valence electrons. The van der Waals surface area contributed by atoms with Crippen molar-refractivity contribution < 1.29 is 9.18 Å². The topological polar surface area (TPSA) is 79.3 Å². The Kier molecular flexibility index (Phi) is 7.37. The highest BCUT2D eigenvalue weighted by Crippen LogP contribution is 2.27. The van der Waals surface area contributed by atoms with Crippen molar-refractivity contribution in [3.05, 3.63) is 87.7 Å². The van der Waals surface area contributed by atoms with Crippen LogP contribution in [0.3, 0.4) is 0 Å². The summed E-state index contributed by atoms with van der Waals surface area (Å²) >= 11 is 0. The first-order chi connectivity index (χ1) is 17.9. The second-order valence-electron chi connectivity index (χ2n) is 10.3. The Morgan fingerprint density at radius 2 is 1.89 bits per heavy atom. The molecule has 2 heterocycles. The van der Waals surface area contributed by atoms with Crippen molar-refractivity contribution in [2.45, 2.75) is 51.6 Å². The fraction of sp³-hybridized carbons (Fsp3) is 0.414. The molecular weight excluding hydrogens is 469 g/mol. The standard InChI is InChI=1S/C29H34FN5O2/c1-19(18-34-13-6-7-14-34)26(21-8-4-3-5-9-21)33-27-29(37)35(15-12-31-27)25-17-22(16-24(30)20(25)2)28(36)32-23-10-11-23/h3-5,8-9,12,15-17,19,23,26H,6-7,10-11,13-14,18H2,1-2H3,(H,31,33)(H,32,36)/t19-,26+/m0/s1. The van der Waals surface area contributed by atoms with Gasteiger partial charge in [-0.2, -0.15) is 0 Å². The van der Waals surface area contributed by atoms with Crippen LogP contribution in [0.15, 0.2) is 59.7 Å². The number of hydrogen-bond acceptors (Lipinski definition) is 5. The van der Waals surface area contributed by atoms with Gasteiger partial charge >= 0.3 is 0 Å². The van der Waals surface area contributed by atoms with E-state index in [1.165, 1.54) is 35.9 Å². The second-order valence-corrected chi connectivity index (χ2v) is 10.3. The van der Waals surface area contributed by atoms with Gasteiger partial charge in [0, 0.05) is 36.1 Å². The molecule has 1 saturated heterocycles. The lowest BCUT2D eigenvalue weighted by atomic mass is 9.94. The Morgan fingerprint density at radius 1 is 1.16 bits per heavy atom. The Bertz CT molecular complexity index is 1320. The monoisotopic (exact) mass is 503 g/mol. The third-order valence-corrected chi connectivity index (χ3v) is 7.36. The molecule has 0 spiro atoms. The van der Waals surface area contributed by atoms with Gasteiger partial charge < -0.3 is 15.5 Å². The smallest absolute Gasteiger partial charge is 0.297 e. The summed E-state index contributed by atoms with van der Waals surface area (Å²) < 4.78 is 16.2. The van der Waals surface area contributed by atoms with E-state index in [1.807, 2.05) is 18.2 Å². The minimum atomic E-state index is -0.530. The van der Waals surface area contributed by atoms with E-state index in [1.54, 1.807) is 13.0 Å². The molecule has 0 unspecified atom stereocenters. The van der Waals surface area contributed by atoms with Crippen LogP contribution in [-0.2, 0) is 0 Å². The number of aromatic nitrogens is 2. The molecule has 1 aliphatic heterocycles. The molecule has 1 amide bonds. The highest BCUT2D eigenvalue weighted by molar-refractivity contribution is 5.95. The first-order valence-corrected chi connectivity index (χ1v) is 13.1. The molecule has 0 radical (unpaired) electrons. The summed E-state index contributed by atoms with van der Waals surface area (Å²) in [5.74, 6) is -0.456. The fourth-order valence-electron chi connectivity index (χ4n) is 5.08. The highest BCUT2D eigenvalue weighted by Gasteiger charge is 2.26. The van der Waals surface area contributed by atoms with Crippen molar-refractivity contribution >= 4 is 11.7 Å². The van der Waals surface area contributed by atoms with Crippen molar-refractivity contribution in [2.24, 2.45) is 5.92 Å². The first-order valence-electron chi connectivity index (χ1n) is 13.1. The van der Waals surface area contributed by atoms with Crippen LogP contribution in [0.4, 0.5) is 10.2 Å². The van der Waals surface area contributed by atoms with Gasteiger partial charge in [-0.3, -0.25) is 14.2 Å². The van der Waals surface area contributed by atoms with E-state index < -0.39 is 5.82 Å². The summed E-state index contributed by atoms with van der Waals surface area (Å²) in [6.45, 7) is 6.90. The molecule has 2 aliphatic rings. The molecule has 2 fully saturated rings. The van der Waals surface area contributed by atoms with Crippen molar-refractivity contribution in [1.29, 1.82) is 0 Å². The molecule has 2 aromatic carbocycles. The van der Waals surface area contributed by atoms with Crippen LogP contribution in [0.5, 0.6) is 0 Å². The third-order valence-electron chi connectivity index (χ3n) is 7.36. The maximum atomic E-state index is 14.9. The third kappa shape index (κ3) is 5.74. The minimum absolute atomic E-state index is 0.133. The highest BCUT2D eigenvalue weighted by atomic mass is 19.1. The number of carbonyl (C=O) groups is 1. The number of hydrogen-bond donors (Lipinski definition) is 2. The van der Waals surface area contributed by atoms with Crippen molar-refractivity contribution in [3.8, 4) is 5.69 Å². The molecular formula is C29H34FN5O2. The number of nitrogens with zero attached hydrogens (tertiary/aromatic N) is 3. The quantitative estimate of drug-likeness (QED) is 0.451. The number of amides is 1. The van der Waals surface area contributed by atoms with Crippen molar-refractivity contribution in [2.75, 3.05) is 25.0 Å². The number of benzene rings is 2. The fourth-order valence-corrected chi connectivity index (χ4v) is 5.08. The van der Waals surface area contributed by atoms with Gasteiger partial charge in [0.25, 0.3) is 11.5 Å². The normalized spacial score (nSPS) is 17.4. The van der Waals surface area contributed by atoms with E-state index in [-0.39, 0.29) is 40.8 Å². The average molecular weight is 504 g/mol. The maximum absolute atomic E-state index is 14.9. The van der Waals surface area contributed by atoms with E-state index >= 15 is 0 Å². The van der Waals surface area contributed by atoms with Gasteiger partial charge in [-0.05, 0) is 69.3 Å². The zero-order chi connectivity index (χ0) is 25.9. The van der Waals surface area contributed by atoms with Gasteiger partial charge in [0.05, 0.1) is 11.7 Å². The summed E-state index contributed by atoms with van der Waals surface area (Å²) in [6, 6.07) is 12.9. The molecule has 1 saturated carbocycles. The van der Waals surface area contributed by atoms with Gasteiger partial charge in [0.1, 0.15) is 5.82 Å². The number of nitrogens with one attached hydrogen (secondary N) is 2. The Balaban J connectivity index is 1.47. The maximum Gasteiger partial charge on any atom is 0.297 e. The molecule has 5 rings (SSSR count). The summed E-state index contributed by atoms with van der Waals surface area (Å²) in [6.07, 6.45) is 7.35. The number of halogens is 1. The Hall–Kier alpha value is -3.52. The van der Waals surface area contributed by atoms with Crippen LogP contribution in [0.1, 0.15) is 60.1 Å². The Labute approximate surface area is 216 Å². The summed E-state index contributed by atoms with van der Waals surface area (Å²) in [5, 5.41) is 6.30. The average Bonchev–Trinajstić information content (AvgIpc) is 3.57. The van der Waals surface area contributed by atoms with Gasteiger partial charge in [0.15, 0.2) is 5.82 Å². The predicted octanol–water partition coefficient (Wildman–Crippen LogP) is 4.46. The summed E-state index contributed by atoms with van der Waals surface area (Å²) in [5.41, 5.74) is 1.51. The number of carbonyl (C=O) groups excluding carboxylic acids is 1. The number of anilines is 1. The zero-order valence-electron chi connectivity index (χ0n) is 21.4. The molecule has 2 N–H and O–H groups in total. The lowest BCUT2D eigenvalue weighted by molar-refractivity contribution is 0.0950. The van der Waals surface area contributed by atoms with E-state index in [4.69, 9.17) is 0 Å². The zero-order valence-corrected chi connectivity index (χ0v) is 21.4. The van der Waals surface area contributed by atoms with Crippen molar-refractivity contribution in [1.82, 2.24) is 19.8 Å². The van der Waals surface area contributed by atoms with Crippen LogP contribution in [0, 0.1) is 18.7 Å². The van der Waals surface area contributed by atoms with Crippen LogP contribution >= 0.6 is 0 Å². The van der Waals surface area contributed by atoms with E-state index in [2.05, 4.69) is 39.6 Å². The lowest BCUT2D eigenvalue weighted by Crippen LogP contribution is -2.33. The number of likely N-dealkylation sites (tertiary alicyclic amines) is 1.